The Morgan fingerprint density at radius 1 is 0.881 bits per heavy atom. The van der Waals surface area contributed by atoms with Crippen LogP contribution in [-0.4, -0.2) is 73.4 Å². The van der Waals surface area contributed by atoms with E-state index in [-0.39, 0.29) is 5.78 Å². The molecule has 2 aromatic carbocycles. The second-order valence-electron chi connectivity index (χ2n) is 11.8. The molecule has 8 heteroatoms. The molecule has 0 aromatic heterocycles. The third-order valence-electron chi connectivity index (χ3n) is 7.95. The molecule has 2 aliphatic rings. The number of hydrogen-bond donors (Lipinski definition) is 2. The number of ketones is 1. The van der Waals surface area contributed by atoms with Gasteiger partial charge in [-0.05, 0) is 37.3 Å². The molecule has 8 nitrogen and oxygen atoms in total. The first-order valence-electron chi connectivity index (χ1n) is 15.4. The van der Waals surface area contributed by atoms with E-state index in [0.29, 0.717) is 28.8 Å². The molecular weight excluding hydrogens is 526 g/mol. The van der Waals surface area contributed by atoms with Crippen LogP contribution in [0.25, 0.3) is 0 Å². The second kappa shape index (κ2) is 16.7. The summed E-state index contributed by atoms with van der Waals surface area (Å²) < 4.78 is 2.11. The van der Waals surface area contributed by atoms with Crippen LogP contribution in [0.1, 0.15) is 98.5 Å². The summed E-state index contributed by atoms with van der Waals surface area (Å²) in [5, 5.41) is 18.1. The lowest BCUT2D eigenvalue weighted by Crippen LogP contribution is -2.52. The second-order valence-corrected chi connectivity index (χ2v) is 11.8. The van der Waals surface area contributed by atoms with Crippen molar-refractivity contribution in [1.29, 1.82) is 0 Å². The van der Waals surface area contributed by atoms with Gasteiger partial charge in [-0.15, -0.1) is 0 Å². The zero-order valence-corrected chi connectivity index (χ0v) is 26.1. The number of aliphatic carboxylic acids is 1. The predicted molar refractivity (Wildman–Crippen MR) is 168 cm³/mol. The van der Waals surface area contributed by atoms with Gasteiger partial charge in [0.15, 0.2) is 5.78 Å². The number of carbonyl (C=O) groups is 2. The molecule has 0 amide bonds. The Morgan fingerprint density at radius 3 is 2.05 bits per heavy atom. The summed E-state index contributed by atoms with van der Waals surface area (Å²) in [5.74, 6) is 0.0462. The van der Waals surface area contributed by atoms with Crippen LogP contribution in [0, 0.1) is 0 Å². The van der Waals surface area contributed by atoms with Gasteiger partial charge in [-0.25, -0.2) is 10.3 Å². The van der Waals surface area contributed by atoms with E-state index < -0.39 is 11.9 Å². The summed E-state index contributed by atoms with van der Waals surface area (Å²) in [5.41, 5.74) is 1.64. The molecule has 2 fully saturated rings. The van der Waals surface area contributed by atoms with Crippen molar-refractivity contribution in [2.45, 2.75) is 89.1 Å². The number of nitrogens with one attached hydrogen (secondary N) is 2. The molecule has 0 bridgehead atoms. The molecule has 0 radical (unpaired) electrons. The van der Waals surface area contributed by atoms with Gasteiger partial charge in [0, 0.05) is 29.1 Å². The Labute approximate surface area is 251 Å². The zero-order valence-electron chi connectivity index (χ0n) is 26.1. The largest absolute Gasteiger partial charge is 0.550 e. The van der Waals surface area contributed by atoms with E-state index >= 15 is 0 Å². The van der Waals surface area contributed by atoms with Crippen LogP contribution in [0.15, 0.2) is 59.6 Å². The average molecular weight is 576 g/mol. The highest BCUT2D eigenvalue weighted by molar-refractivity contribution is 6.09. The number of carbonyl (C=O) groups excluding carboxylic acids is 2. The number of benzene rings is 2. The summed E-state index contributed by atoms with van der Waals surface area (Å²) in [6, 6.07) is 16.6. The molecule has 2 aromatic rings. The maximum atomic E-state index is 12.2. The molecule has 0 aliphatic heterocycles. The van der Waals surface area contributed by atoms with Gasteiger partial charge in [-0.1, -0.05) is 94.0 Å². The van der Waals surface area contributed by atoms with E-state index in [1.54, 1.807) is 55.5 Å². The van der Waals surface area contributed by atoms with Gasteiger partial charge in [0.2, 0.25) is 0 Å². The minimum absolute atomic E-state index is 0.118. The maximum absolute atomic E-state index is 12.2. The molecule has 1 atom stereocenters. The minimum atomic E-state index is -1.15. The third kappa shape index (κ3) is 10.3. The van der Waals surface area contributed by atoms with Gasteiger partial charge in [-0.2, -0.15) is 0 Å². The lowest BCUT2D eigenvalue weighted by atomic mass is 9.95. The smallest absolute Gasteiger partial charge is 0.354 e. The lowest BCUT2D eigenvalue weighted by Gasteiger charge is -2.26. The highest BCUT2D eigenvalue weighted by Gasteiger charge is 2.22. The first kappa shape index (κ1) is 32.8. The Kier molecular flexibility index (Phi) is 13.0. The SMILES string of the molecule is CC(C(=O)[O-])c1cccc(C(=O)c2ccccc2)c1.CN(C)C(NC(=NC1CCCCC1)NC1CCCCC1)=[N+](C)C. The van der Waals surface area contributed by atoms with Gasteiger partial charge in [0.1, 0.15) is 0 Å². The van der Waals surface area contributed by atoms with Gasteiger partial charge >= 0.3 is 5.96 Å². The van der Waals surface area contributed by atoms with Crippen LogP contribution >= 0.6 is 0 Å². The molecular formula is C34H49N5O3. The average Bonchev–Trinajstić information content (AvgIpc) is 3.00. The highest BCUT2D eigenvalue weighted by atomic mass is 16.4. The van der Waals surface area contributed by atoms with Gasteiger partial charge in [0.05, 0.1) is 34.2 Å². The topological polar surface area (TPSA) is 99.9 Å². The van der Waals surface area contributed by atoms with Crippen molar-refractivity contribution in [3.8, 4) is 0 Å². The zero-order chi connectivity index (χ0) is 30.5. The van der Waals surface area contributed by atoms with Gasteiger partial charge in [-0.3, -0.25) is 14.3 Å². The van der Waals surface area contributed by atoms with Crippen molar-refractivity contribution in [2.24, 2.45) is 4.99 Å². The number of aliphatic imine (C=N–C) groups is 1. The predicted octanol–water partition coefficient (Wildman–Crippen LogP) is 4.15. The van der Waals surface area contributed by atoms with E-state index in [0.717, 1.165) is 11.9 Å². The van der Waals surface area contributed by atoms with Crippen molar-refractivity contribution in [3.63, 3.8) is 0 Å². The Morgan fingerprint density at radius 2 is 1.48 bits per heavy atom. The summed E-state index contributed by atoms with van der Waals surface area (Å²) >= 11 is 0. The summed E-state index contributed by atoms with van der Waals surface area (Å²) in [6.45, 7) is 1.54. The molecule has 0 heterocycles. The number of carboxylic acids is 1. The molecule has 0 spiro atoms. The van der Waals surface area contributed by atoms with Crippen molar-refractivity contribution < 1.29 is 19.3 Å². The van der Waals surface area contributed by atoms with Crippen molar-refractivity contribution in [3.05, 3.63) is 71.3 Å². The van der Waals surface area contributed by atoms with E-state index in [2.05, 4.69) is 48.3 Å². The number of hydrogen-bond acceptors (Lipinski definition) is 4. The summed E-state index contributed by atoms with van der Waals surface area (Å²) in [4.78, 5) is 30.2. The molecule has 4 rings (SSSR count). The first-order chi connectivity index (χ1) is 20.2. The number of nitrogens with zero attached hydrogens (tertiary/aromatic N) is 3. The van der Waals surface area contributed by atoms with E-state index in [1.165, 1.54) is 64.2 Å². The maximum Gasteiger partial charge on any atom is 0.354 e. The van der Waals surface area contributed by atoms with Gasteiger partial charge in [0.25, 0.3) is 5.96 Å². The number of guanidine groups is 2. The fourth-order valence-electron chi connectivity index (χ4n) is 5.51. The summed E-state index contributed by atoms with van der Waals surface area (Å²) in [7, 11) is 8.28. The first-order valence-corrected chi connectivity index (χ1v) is 15.4. The molecule has 1 unspecified atom stereocenters. The van der Waals surface area contributed by atoms with Gasteiger partial charge < -0.3 is 15.2 Å². The van der Waals surface area contributed by atoms with Crippen molar-refractivity contribution in [2.75, 3.05) is 28.2 Å². The van der Waals surface area contributed by atoms with Crippen LogP contribution in [-0.2, 0) is 4.79 Å². The fourth-order valence-corrected chi connectivity index (χ4v) is 5.51. The lowest BCUT2D eigenvalue weighted by molar-refractivity contribution is -0.471. The molecule has 228 valence electrons. The van der Waals surface area contributed by atoms with Crippen LogP contribution in [0.5, 0.6) is 0 Å². The number of carboxylic acid groups (broad SMARTS) is 1. The van der Waals surface area contributed by atoms with Crippen LogP contribution in [0.4, 0.5) is 0 Å². The van der Waals surface area contributed by atoms with E-state index in [4.69, 9.17) is 4.99 Å². The summed E-state index contributed by atoms with van der Waals surface area (Å²) in [6.07, 6.45) is 13.1. The minimum Gasteiger partial charge on any atom is -0.550 e. The molecule has 2 aliphatic carbocycles. The number of rotatable bonds is 6. The molecule has 42 heavy (non-hydrogen) atoms. The molecule has 2 saturated carbocycles. The van der Waals surface area contributed by atoms with E-state index in [1.807, 2.05) is 6.07 Å². The van der Waals surface area contributed by atoms with Crippen LogP contribution < -0.4 is 15.7 Å². The molecule has 2 N–H and O–H groups in total. The Bertz CT molecular complexity index is 1210. The van der Waals surface area contributed by atoms with Crippen molar-refractivity contribution in [1.82, 2.24) is 15.5 Å². The van der Waals surface area contributed by atoms with Crippen LogP contribution in [0.3, 0.4) is 0 Å². The Hall–Kier alpha value is -3.68. The molecule has 0 saturated heterocycles. The fraction of sp³-hybridized carbons (Fsp3) is 0.529. The quantitative estimate of drug-likeness (QED) is 0.232. The van der Waals surface area contributed by atoms with Crippen molar-refractivity contribution >= 4 is 23.7 Å². The van der Waals surface area contributed by atoms with Crippen LogP contribution in [0.2, 0.25) is 0 Å². The van der Waals surface area contributed by atoms with E-state index in [9.17, 15) is 14.7 Å². The normalized spacial score (nSPS) is 16.8. The highest BCUT2D eigenvalue weighted by Crippen LogP contribution is 2.21. The standard InChI is InChI=1S/C18H35N5.C16H14O3/c1-22(2)18(23(3)4)21-17(19-15-11-7-5-8-12-15)20-16-13-9-6-10-14-16;1-11(16(18)19)13-8-5-9-14(10-13)15(17)12-6-3-2-4-7-12/h15-16H,5-14H2,1-4H3,(H,19,20);2-11H,1H3,(H,18,19). The monoisotopic (exact) mass is 575 g/mol. The Balaban J connectivity index is 0.000000235. The third-order valence-corrected chi connectivity index (χ3v) is 7.95.